The number of amides is 1. The van der Waals surface area contributed by atoms with E-state index in [1.165, 1.54) is 5.57 Å². The predicted molar refractivity (Wildman–Crippen MR) is 109 cm³/mol. The smallest absolute Gasteiger partial charge is 0.255 e. The van der Waals surface area contributed by atoms with Gasteiger partial charge in [0.05, 0.1) is 12.2 Å². The fourth-order valence-corrected chi connectivity index (χ4v) is 2.79. The molecule has 3 rings (SSSR count). The minimum absolute atomic E-state index is 0. The first kappa shape index (κ1) is 20.8. The van der Waals surface area contributed by atoms with Gasteiger partial charge < -0.3 is 20.1 Å². The van der Waals surface area contributed by atoms with Gasteiger partial charge >= 0.3 is 0 Å². The maximum Gasteiger partial charge on any atom is 0.255 e. The molecule has 1 aliphatic heterocycles. The number of para-hydroxylation sites is 3. The van der Waals surface area contributed by atoms with Gasteiger partial charge in [0.1, 0.15) is 5.75 Å². The summed E-state index contributed by atoms with van der Waals surface area (Å²) in [6, 6.07) is 14.7. The summed E-state index contributed by atoms with van der Waals surface area (Å²) in [5.74, 6) is 1.62. The van der Waals surface area contributed by atoms with Crippen molar-refractivity contribution in [3.8, 4) is 17.2 Å². The lowest BCUT2D eigenvalue weighted by Gasteiger charge is -2.16. The third-order valence-corrected chi connectivity index (χ3v) is 4.13. The summed E-state index contributed by atoms with van der Waals surface area (Å²) >= 11 is 0. The summed E-state index contributed by atoms with van der Waals surface area (Å²) in [6.45, 7) is 4.85. The van der Waals surface area contributed by atoms with Crippen molar-refractivity contribution >= 4 is 18.3 Å². The van der Waals surface area contributed by atoms with E-state index in [1.54, 1.807) is 12.1 Å². The van der Waals surface area contributed by atoms with Gasteiger partial charge in [-0.1, -0.05) is 35.9 Å². The zero-order valence-corrected chi connectivity index (χ0v) is 16.2. The van der Waals surface area contributed by atoms with Crippen molar-refractivity contribution in [3.05, 3.63) is 65.7 Å². The molecule has 0 saturated heterocycles. The SMILES string of the molecule is CCOc1ccccc1Oc1ccccc1C(=O)NCC1=CCNCC1.Cl. The van der Waals surface area contributed by atoms with Gasteiger partial charge in [-0.05, 0) is 44.2 Å². The Bertz CT molecular complexity index is 793. The molecule has 6 heteroatoms. The molecule has 0 atom stereocenters. The molecule has 1 heterocycles. The van der Waals surface area contributed by atoms with Crippen LogP contribution in [0.3, 0.4) is 0 Å². The van der Waals surface area contributed by atoms with Crippen LogP contribution in [0.25, 0.3) is 0 Å². The number of hydrogen-bond acceptors (Lipinski definition) is 4. The molecule has 2 aromatic carbocycles. The van der Waals surface area contributed by atoms with Crippen LogP contribution in [0.5, 0.6) is 17.2 Å². The van der Waals surface area contributed by atoms with E-state index in [0.717, 1.165) is 19.5 Å². The van der Waals surface area contributed by atoms with E-state index in [4.69, 9.17) is 9.47 Å². The highest BCUT2D eigenvalue weighted by Crippen LogP contribution is 2.32. The normalized spacial score (nSPS) is 13.1. The van der Waals surface area contributed by atoms with Gasteiger partial charge in [-0.15, -0.1) is 12.4 Å². The molecule has 0 bridgehead atoms. The highest BCUT2D eigenvalue weighted by atomic mass is 35.5. The fourth-order valence-electron chi connectivity index (χ4n) is 2.79. The van der Waals surface area contributed by atoms with Crippen LogP contribution in [0, 0.1) is 0 Å². The first-order valence-corrected chi connectivity index (χ1v) is 8.93. The number of nitrogens with one attached hydrogen (secondary N) is 2. The molecule has 1 amide bonds. The summed E-state index contributed by atoms with van der Waals surface area (Å²) in [6.07, 6.45) is 3.09. The van der Waals surface area contributed by atoms with Crippen LogP contribution in [0.1, 0.15) is 23.7 Å². The molecule has 0 aromatic heterocycles. The molecule has 2 N–H and O–H groups in total. The molecule has 0 radical (unpaired) electrons. The molecular weight excluding hydrogens is 364 g/mol. The predicted octanol–water partition coefficient (Wildman–Crippen LogP) is 3.95. The van der Waals surface area contributed by atoms with Gasteiger partial charge in [-0.3, -0.25) is 4.79 Å². The molecule has 0 spiro atoms. The molecule has 5 nitrogen and oxygen atoms in total. The Morgan fingerprint density at radius 3 is 2.48 bits per heavy atom. The Morgan fingerprint density at radius 2 is 1.78 bits per heavy atom. The molecule has 0 unspecified atom stereocenters. The second kappa shape index (κ2) is 10.6. The number of rotatable bonds is 7. The molecule has 0 fully saturated rings. The standard InChI is InChI=1S/C21H24N2O3.ClH/c1-2-25-19-9-5-6-10-20(19)26-18-8-4-3-7-17(18)21(24)23-15-16-11-13-22-14-12-16;/h3-11,22H,2,12-15H2,1H3,(H,23,24);1H. The average Bonchev–Trinajstić information content (AvgIpc) is 2.69. The number of carbonyl (C=O) groups is 1. The first-order valence-electron chi connectivity index (χ1n) is 8.93. The molecule has 0 aliphatic carbocycles. The number of halogens is 1. The van der Waals surface area contributed by atoms with E-state index in [0.29, 0.717) is 36.0 Å². The summed E-state index contributed by atoms with van der Waals surface area (Å²) < 4.78 is 11.6. The van der Waals surface area contributed by atoms with E-state index < -0.39 is 0 Å². The fraction of sp³-hybridized carbons (Fsp3) is 0.286. The van der Waals surface area contributed by atoms with Crippen LogP contribution in [0.15, 0.2) is 60.2 Å². The van der Waals surface area contributed by atoms with Crippen LogP contribution >= 0.6 is 12.4 Å². The summed E-state index contributed by atoms with van der Waals surface area (Å²) in [4.78, 5) is 12.6. The van der Waals surface area contributed by atoms with E-state index in [-0.39, 0.29) is 18.3 Å². The molecule has 144 valence electrons. The Balaban J connectivity index is 0.00000261. The van der Waals surface area contributed by atoms with Gasteiger partial charge in [0.15, 0.2) is 11.5 Å². The van der Waals surface area contributed by atoms with E-state index in [1.807, 2.05) is 43.3 Å². The average molecular weight is 389 g/mol. The van der Waals surface area contributed by atoms with Gasteiger partial charge in [-0.25, -0.2) is 0 Å². The Labute approximate surface area is 166 Å². The first-order chi connectivity index (χ1) is 12.8. The van der Waals surface area contributed by atoms with E-state index in [9.17, 15) is 4.79 Å². The molecule has 27 heavy (non-hydrogen) atoms. The van der Waals surface area contributed by atoms with Crippen molar-refractivity contribution in [1.29, 1.82) is 0 Å². The van der Waals surface area contributed by atoms with Crippen molar-refractivity contribution in [2.75, 3.05) is 26.2 Å². The van der Waals surface area contributed by atoms with Crippen molar-refractivity contribution in [2.45, 2.75) is 13.3 Å². The van der Waals surface area contributed by atoms with Gasteiger partial charge in [-0.2, -0.15) is 0 Å². The van der Waals surface area contributed by atoms with E-state index >= 15 is 0 Å². The van der Waals surface area contributed by atoms with Crippen LogP contribution < -0.4 is 20.1 Å². The number of hydrogen-bond donors (Lipinski definition) is 2. The molecule has 0 saturated carbocycles. The van der Waals surface area contributed by atoms with Crippen LogP contribution in [-0.2, 0) is 0 Å². The minimum Gasteiger partial charge on any atom is -0.490 e. The number of ether oxygens (including phenoxy) is 2. The Hall–Kier alpha value is -2.50. The van der Waals surface area contributed by atoms with Crippen molar-refractivity contribution in [1.82, 2.24) is 10.6 Å². The highest BCUT2D eigenvalue weighted by Gasteiger charge is 2.15. The van der Waals surface area contributed by atoms with Gasteiger partial charge in [0.2, 0.25) is 0 Å². The maximum absolute atomic E-state index is 12.6. The van der Waals surface area contributed by atoms with E-state index in [2.05, 4.69) is 16.7 Å². The lowest BCUT2D eigenvalue weighted by molar-refractivity contribution is 0.0954. The quantitative estimate of drug-likeness (QED) is 0.705. The lowest BCUT2D eigenvalue weighted by Crippen LogP contribution is -2.29. The van der Waals surface area contributed by atoms with Crippen LogP contribution in [0.4, 0.5) is 0 Å². The zero-order valence-electron chi connectivity index (χ0n) is 15.4. The van der Waals surface area contributed by atoms with Crippen molar-refractivity contribution < 1.29 is 14.3 Å². The molecule has 1 aliphatic rings. The number of benzene rings is 2. The third-order valence-electron chi connectivity index (χ3n) is 4.13. The van der Waals surface area contributed by atoms with Crippen molar-refractivity contribution in [2.24, 2.45) is 0 Å². The largest absolute Gasteiger partial charge is 0.490 e. The topological polar surface area (TPSA) is 59.6 Å². The van der Waals surface area contributed by atoms with Gasteiger partial charge in [0, 0.05) is 13.1 Å². The Morgan fingerprint density at radius 1 is 1.07 bits per heavy atom. The third kappa shape index (κ3) is 5.74. The Kier molecular flexibility index (Phi) is 8.17. The number of carbonyl (C=O) groups excluding carboxylic acids is 1. The molecular formula is C21H25ClN2O3. The second-order valence-corrected chi connectivity index (χ2v) is 5.98. The van der Waals surface area contributed by atoms with Gasteiger partial charge in [0.25, 0.3) is 5.91 Å². The summed E-state index contributed by atoms with van der Waals surface area (Å²) in [7, 11) is 0. The second-order valence-electron chi connectivity index (χ2n) is 5.98. The summed E-state index contributed by atoms with van der Waals surface area (Å²) in [5.41, 5.74) is 1.76. The van der Waals surface area contributed by atoms with Crippen molar-refractivity contribution in [3.63, 3.8) is 0 Å². The van der Waals surface area contributed by atoms with Crippen LogP contribution in [0.2, 0.25) is 0 Å². The monoisotopic (exact) mass is 388 g/mol. The zero-order chi connectivity index (χ0) is 18.2. The maximum atomic E-state index is 12.6. The lowest BCUT2D eigenvalue weighted by atomic mass is 10.1. The molecule has 2 aromatic rings. The highest BCUT2D eigenvalue weighted by molar-refractivity contribution is 5.97. The minimum atomic E-state index is -0.145. The van der Waals surface area contributed by atoms with Crippen LogP contribution in [-0.4, -0.2) is 32.1 Å². The summed E-state index contributed by atoms with van der Waals surface area (Å²) in [5, 5.41) is 6.25.